The third-order valence-corrected chi connectivity index (χ3v) is 0. The third kappa shape index (κ3) is 60.9. The van der Waals surface area contributed by atoms with Crippen LogP contribution in [-0.2, 0) is 0 Å². The number of hydrogen-bond acceptors (Lipinski definition) is 0. The third-order valence-electron chi connectivity index (χ3n) is 0. The second-order valence-electron chi connectivity index (χ2n) is 0.500. The molecule has 0 saturated heterocycles. The molecule has 0 aromatic carbocycles. The van der Waals surface area contributed by atoms with Gasteiger partial charge in [0.1, 0.15) is 0 Å². The molecule has 0 bridgehead atoms. The van der Waals surface area contributed by atoms with Crippen molar-refractivity contribution in [1.29, 1.82) is 0 Å². The smallest absolute Gasteiger partial charge is 0.358 e. The predicted octanol–water partition coefficient (Wildman–Crippen LogP) is 1.88. The van der Waals surface area contributed by atoms with Gasteiger partial charge in [-0.05, 0) is 0 Å². The Morgan fingerprint density at radius 2 is 1.50 bits per heavy atom. The first-order chi connectivity index (χ1) is 1.41. The second-order valence-corrected chi connectivity index (χ2v) is 0.500. The summed E-state index contributed by atoms with van der Waals surface area (Å²) in [6, 6.07) is 0. The van der Waals surface area contributed by atoms with Crippen LogP contribution in [-0.4, -0.2) is 23.1 Å². The van der Waals surface area contributed by atoms with E-state index >= 15 is 0 Å². The Morgan fingerprint density at radius 3 is 1.50 bits per heavy atom. The van der Waals surface area contributed by atoms with Gasteiger partial charge in [-0.25, -0.2) is 0 Å². The van der Waals surface area contributed by atoms with Crippen LogP contribution in [0.15, 0.2) is 0 Å². The zero-order valence-electron chi connectivity index (χ0n) is 4.53. The molecule has 0 aliphatic carbocycles. The molecule has 0 rings (SSSR count). The maximum Gasteiger partial charge on any atom is 2.00 e. The zero-order valence-corrected chi connectivity index (χ0v) is 7.66. The van der Waals surface area contributed by atoms with Gasteiger partial charge >= 0.3 is 23.1 Å². The standard InChI is InChI=1S/C3H7.CH3.BrH.Mg/c1-3-2;;;/h1,3H2,2H3;1H3;1H;/q2*-1;;+2. The minimum Gasteiger partial charge on any atom is -0.358 e. The van der Waals surface area contributed by atoms with Crippen molar-refractivity contribution in [2.45, 2.75) is 13.3 Å². The second kappa shape index (κ2) is 34.1. The molecule has 0 nitrogen and oxygen atoms in total. The molecule has 6 heavy (non-hydrogen) atoms. The van der Waals surface area contributed by atoms with Gasteiger partial charge in [0, 0.05) is 0 Å². The van der Waals surface area contributed by atoms with Crippen LogP contribution < -0.4 is 0 Å². The molecule has 0 aromatic rings. The van der Waals surface area contributed by atoms with Gasteiger partial charge in [0.15, 0.2) is 0 Å². The first-order valence-corrected chi connectivity index (χ1v) is 1.21. The van der Waals surface area contributed by atoms with E-state index in [1.165, 1.54) is 0 Å². The fourth-order valence-corrected chi connectivity index (χ4v) is 0. The van der Waals surface area contributed by atoms with Crippen molar-refractivity contribution in [3.05, 3.63) is 14.4 Å². The van der Waals surface area contributed by atoms with Gasteiger partial charge in [0.2, 0.25) is 0 Å². The van der Waals surface area contributed by atoms with Crippen molar-refractivity contribution in [1.82, 2.24) is 0 Å². The summed E-state index contributed by atoms with van der Waals surface area (Å²) in [5.74, 6) is 0. The summed E-state index contributed by atoms with van der Waals surface area (Å²) in [7, 11) is 0. The molecular weight excluding hydrogens is 152 g/mol. The van der Waals surface area contributed by atoms with Crippen LogP contribution in [0.4, 0.5) is 0 Å². The van der Waals surface area contributed by atoms with Crippen LogP contribution >= 0.6 is 17.0 Å². The van der Waals surface area contributed by atoms with Crippen molar-refractivity contribution >= 4 is 40.0 Å². The molecule has 0 spiro atoms. The normalized spacial score (nSPS) is 3.00. The molecular formula is C4H11BrMg. The monoisotopic (exact) mass is 162 g/mol. The fourth-order valence-electron chi connectivity index (χ4n) is 0. The van der Waals surface area contributed by atoms with E-state index in [-0.39, 0.29) is 47.5 Å². The summed E-state index contributed by atoms with van der Waals surface area (Å²) in [5.41, 5.74) is 0. The average Bonchev–Trinajstić information content (AvgIpc) is 0.918. The zero-order chi connectivity index (χ0) is 2.71. The van der Waals surface area contributed by atoms with Crippen LogP contribution in [0.3, 0.4) is 0 Å². The van der Waals surface area contributed by atoms with Gasteiger partial charge in [-0.3, -0.25) is 0 Å². The Bertz CT molecular complexity index is 7.51. The van der Waals surface area contributed by atoms with E-state index in [4.69, 9.17) is 0 Å². The molecule has 0 atom stereocenters. The van der Waals surface area contributed by atoms with E-state index in [1.807, 2.05) is 6.92 Å². The number of hydrogen-bond donors (Lipinski definition) is 0. The first kappa shape index (κ1) is 26.8. The summed E-state index contributed by atoms with van der Waals surface area (Å²) in [5, 5.41) is 0. The molecule has 0 radical (unpaired) electrons. The van der Waals surface area contributed by atoms with Crippen molar-refractivity contribution < 1.29 is 0 Å². The minimum atomic E-state index is 0. The van der Waals surface area contributed by atoms with E-state index in [0.717, 1.165) is 6.42 Å². The van der Waals surface area contributed by atoms with Crippen LogP contribution in [0.25, 0.3) is 0 Å². The van der Waals surface area contributed by atoms with Crippen LogP contribution in [0.1, 0.15) is 13.3 Å². The molecule has 0 N–H and O–H groups in total. The SMILES string of the molecule is Br.[CH2-]CC.[CH3-].[Mg+2]. The number of rotatable bonds is 0. The summed E-state index contributed by atoms with van der Waals surface area (Å²) in [4.78, 5) is 0. The molecule has 0 amide bonds. The molecule has 0 aliphatic heterocycles. The van der Waals surface area contributed by atoms with Crippen LogP contribution in [0.5, 0.6) is 0 Å². The molecule has 0 heterocycles. The summed E-state index contributed by atoms with van der Waals surface area (Å²) >= 11 is 0. The van der Waals surface area contributed by atoms with Gasteiger partial charge in [-0.1, -0.05) is 6.92 Å². The maximum absolute atomic E-state index is 3.49. The van der Waals surface area contributed by atoms with Gasteiger partial charge in [-0.15, -0.1) is 17.0 Å². The quantitative estimate of drug-likeness (QED) is 0.378. The Kier molecular flexibility index (Phi) is 152. The van der Waals surface area contributed by atoms with E-state index in [1.54, 1.807) is 0 Å². The van der Waals surface area contributed by atoms with Crippen LogP contribution in [0.2, 0.25) is 0 Å². The molecule has 0 fully saturated rings. The average molecular weight is 163 g/mol. The van der Waals surface area contributed by atoms with Gasteiger partial charge in [0.05, 0.1) is 0 Å². The van der Waals surface area contributed by atoms with Gasteiger partial charge in [0.25, 0.3) is 0 Å². The van der Waals surface area contributed by atoms with Gasteiger partial charge < -0.3 is 14.4 Å². The molecule has 2 heteroatoms. The minimum absolute atomic E-state index is 0. The molecule has 0 saturated carbocycles. The predicted molar refractivity (Wildman–Crippen MR) is 38.1 cm³/mol. The van der Waals surface area contributed by atoms with Crippen LogP contribution in [0, 0.1) is 14.4 Å². The molecule has 0 aromatic heterocycles. The summed E-state index contributed by atoms with van der Waals surface area (Å²) in [6.45, 7) is 5.50. The fraction of sp³-hybridized carbons (Fsp3) is 0.500. The summed E-state index contributed by atoms with van der Waals surface area (Å²) < 4.78 is 0. The van der Waals surface area contributed by atoms with Crippen molar-refractivity contribution in [3.8, 4) is 0 Å². The Hall–Kier alpha value is 1.25. The van der Waals surface area contributed by atoms with E-state index in [0.29, 0.717) is 0 Å². The van der Waals surface area contributed by atoms with E-state index in [9.17, 15) is 0 Å². The van der Waals surface area contributed by atoms with Crippen molar-refractivity contribution in [2.75, 3.05) is 0 Å². The molecule has 36 valence electrons. The molecule has 0 aliphatic rings. The van der Waals surface area contributed by atoms with Crippen molar-refractivity contribution in [2.24, 2.45) is 0 Å². The molecule has 0 unspecified atom stereocenters. The Morgan fingerprint density at radius 1 is 1.50 bits per heavy atom. The maximum atomic E-state index is 3.49. The first-order valence-electron chi connectivity index (χ1n) is 1.21. The topological polar surface area (TPSA) is 0 Å². The number of halogens is 1. The van der Waals surface area contributed by atoms with Gasteiger partial charge in [-0.2, -0.15) is 6.42 Å². The van der Waals surface area contributed by atoms with E-state index < -0.39 is 0 Å². The largest absolute Gasteiger partial charge is 2.00 e. The Labute approximate surface area is 67.6 Å². The van der Waals surface area contributed by atoms with E-state index in [2.05, 4.69) is 6.92 Å². The van der Waals surface area contributed by atoms with Crippen molar-refractivity contribution in [3.63, 3.8) is 0 Å². The summed E-state index contributed by atoms with van der Waals surface area (Å²) in [6.07, 6.45) is 1.00. The Balaban J connectivity index is -0.00000000667.